The topological polar surface area (TPSA) is 119 Å². The number of pyridine rings is 1. The average molecular weight is 567 g/mol. The number of aromatic amines is 1. The molecule has 0 unspecified atom stereocenters. The number of ether oxygens (including phenoxy) is 2. The minimum Gasteiger partial charge on any atom is -0.455 e. The molecule has 1 amide bonds. The zero-order valence-electron chi connectivity index (χ0n) is 19.5. The zero-order chi connectivity index (χ0) is 25.3. The predicted molar refractivity (Wildman–Crippen MR) is 136 cm³/mol. The molecule has 3 aromatic rings. The number of amides is 1. The maximum absolute atomic E-state index is 13.1. The minimum absolute atomic E-state index is 0.00760. The van der Waals surface area contributed by atoms with E-state index in [0.29, 0.717) is 42.0 Å². The van der Waals surface area contributed by atoms with E-state index in [9.17, 15) is 14.4 Å². The van der Waals surface area contributed by atoms with Crippen LogP contribution in [-0.2, 0) is 4.74 Å². The summed E-state index contributed by atoms with van der Waals surface area (Å²) in [6.45, 7) is 7.74. The summed E-state index contributed by atoms with van der Waals surface area (Å²) in [5, 5.41) is 3.32. The van der Waals surface area contributed by atoms with E-state index < -0.39 is 24.1 Å². The van der Waals surface area contributed by atoms with Gasteiger partial charge in [0.2, 0.25) is 6.79 Å². The van der Waals surface area contributed by atoms with Crippen molar-refractivity contribution in [2.75, 3.05) is 33.0 Å². The molecule has 3 heterocycles. The van der Waals surface area contributed by atoms with Gasteiger partial charge in [-0.1, -0.05) is 25.4 Å². The number of halogens is 2. The van der Waals surface area contributed by atoms with Gasteiger partial charge in [-0.15, -0.1) is 0 Å². The number of aryl methyl sites for hydroxylation is 1. The lowest BCUT2D eigenvalue weighted by molar-refractivity contribution is 0.0335. The number of hydrogen-bond donors (Lipinski definition) is 2. The van der Waals surface area contributed by atoms with Crippen LogP contribution in [0, 0.1) is 6.92 Å². The Bertz CT molecular complexity index is 1400. The summed E-state index contributed by atoms with van der Waals surface area (Å²) in [4.78, 5) is 46.8. The molecule has 2 aromatic heterocycles. The first-order valence-corrected chi connectivity index (χ1v) is 12.3. The van der Waals surface area contributed by atoms with E-state index in [1.165, 1.54) is 4.57 Å². The quantitative estimate of drug-likeness (QED) is 0.455. The maximum atomic E-state index is 13.1. The Balaban J connectivity index is 1.81. The lowest BCUT2D eigenvalue weighted by atomic mass is 10.0. The summed E-state index contributed by atoms with van der Waals surface area (Å²) in [6, 6.07) is 3.38. The van der Waals surface area contributed by atoms with Crippen molar-refractivity contribution in [3.63, 3.8) is 0 Å². The van der Waals surface area contributed by atoms with E-state index in [0.717, 1.165) is 5.56 Å². The lowest BCUT2D eigenvalue weighted by Crippen LogP contribution is -2.46. The van der Waals surface area contributed by atoms with Gasteiger partial charge in [0.25, 0.3) is 5.56 Å². The Morgan fingerprint density at radius 3 is 2.69 bits per heavy atom. The molecule has 1 saturated heterocycles. The third-order valence-corrected chi connectivity index (χ3v) is 6.96. The summed E-state index contributed by atoms with van der Waals surface area (Å²) in [7, 11) is 0. The molecule has 1 fully saturated rings. The number of H-pyrrole nitrogens is 1. The Labute approximate surface area is 214 Å². The second-order valence-corrected chi connectivity index (χ2v) is 9.65. The van der Waals surface area contributed by atoms with Crippen molar-refractivity contribution < 1.29 is 14.3 Å². The van der Waals surface area contributed by atoms with Crippen molar-refractivity contribution in [2.45, 2.75) is 26.7 Å². The largest absolute Gasteiger partial charge is 0.455 e. The fraction of sp³-hybridized carbons (Fsp3) is 0.391. The highest BCUT2D eigenvalue weighted by atomic mass is 79.9. The molecule has 0 bridgehead atoms. The molecule has 1 aromatic carbocycles. The molecular weight excluding hydrogens is 542 g/mol. The predicted octanol–water partition coefficient (Wildman–Crippen LogP) is 3.30. The number of nitrogens with zero attached hydrogens (tertiary/aromatic N) is 3. The van der Waals surface area contributed by atoms with Gasteiger partial charge in [-0.05, 0) is 46.5 Å². The summed E-state index contributed by atoms with van der Waals surface area (Å²) < 4.78 is 12.8. The molecule has 12 heteroatoms. The van der Waals surface area contributed by atoms with Gasteiger partial charge in [0.05, 0.1) is 21.9 Å². The van der Waals surface area contributed by atoms with Crippen molar-refractivity contribution in [1.82, 2.24) is 24.8 Å². The van der Waals surface area contributed by atoms with Crippen molar-refractivity contribution in [1.29, 1.82) is 0 Å². The monoisotopic (exact) mass is 565 g/mol. The van der Waals surface area contributed by atoms with Crippen LogP contribution in [0.3, 0.4) is 0 Å². The third kappa shape index (κ3) is 4.93. The van der Waals surface area contributed by atoms with Gasteiger partial charge in [0.1, 0.15) is 5.39 Å². The van der Waals surface area contributed by atoms with Gasteiger partial charge < -0.3 is 19.7 Å². The molecule has 0 spiro atoms. The van der Waals surface area contributed by atoms with Gasteiger partial charge >= 0.3 is 11.8 Å². The van der Waals surface area contributed by atoms with Gasteiger partial charge in [-0.3, -0.25) is 19.3 Å². The smallest absolute Gasteiger partial charge is 0.412 e. The number of fused-ring (bicyclic) bond motifs is 1. The van der Waals surface area contributed by atoms with Crippen LogP contribution >= 0.6 is 27.5 Å². The summed E-state index contributed by atoms with van der Waals surface area (Å²) in [6.07, 6.45) is 1.15. The highest BCUT2D eigenvalue weighted by Gasteiger charge is 2.23. The molecular formula is C23H25BrClN5O5. The number of piperazine rings is 1. The molecule has 4 rings (SSSR count). The number of nitrogens with one attached hydrogen (secondary N) is 2. The molecule has 1 aliphatic rings. The van der Waals surface area contributed by atoms with E-state index in [1.54, 1.807) is 23.2 Å². The fourth-order valence-electron chi connectivity index (χ4n) is 4.03. The van der Waals surface area contributed by atoms with Crippen molar-refractivity contribution in [2.24, 2.45) is 0 Å². The van der Waals surface area contributed by atoms with Crippen LogP contribution < -0.4 is 21.3 Å². The van der Waals surface area contributed by atoms with Crippen molar-refractivity contribution in [3.05, 3.63) is 59.9 Å². The molecule has 35 heavy (non-hydrogen) atoms. The number of aromatic nitrogens is 3. The summed E-state index contributed by atoms with van der Waals surface area (Å²) >= 11 is 9.87. The van der Waals surface area contributed by atoms with E-state index in [2.05, 4.69) is 31.2 Å². The van der Waals surface area contributed by atoms with Gasteiger partial charge in [0, 0.05) is 36.8 Å². The zero-order valence-corrected chi connectivity index (χ0v) is 21.8. The first kappa shape index (κ1) is 25.2. The van der Waals surface area contributed by atoms with Crippen LogP contribution in [0.5, 0.6) is 5.75 Å². The van der Waals surface area contributed by atoms with Crippen LogP contribution in [-0.4, -0.2) is 58.5 Å². The Morgan fingerprint density at radius 2 is 2.00 bits per heavy atom. The number of hydrogen-bond acceptors (Lipinski definition) is 7. The molecule has 1 aliphatic heterocycles. The van der Waals surface area contributed by atoms with E-state index in [1.807, 2.05) is 20.8 Å². The first-order valence-electron chi connectivity index (χ1n) is 11.1. The molecule has 0 atom stereocenters. The molecule has 0 radical (unpaired) electrons. The fourth-order valence-corrected chi connectivity index (χ4v) is 4.63. The average Bonchev–Trinajstić information content (AvgIpc) is 2.82. The van der Waals surface area contributed by atoms with Crippen LogP contribution in [0.15, 0.2) is 32.4 Å². The molecule has 0 saturated carbocycles. The van der Waals surface area contributed by atoms with Gasteiger partial charge in [-0.2, -0.15) is 0 Å². The highest BCUT2D eigenvalue weighted by Crippen LogP contribution is 2.38. The normalized spacial score (nSPS) is 13.9. The lowest BCUT2D eigenvalue weighted by Gasteiger charge is -2.26. The summed E-state index contributed by atoms with van der Waals surface area (Å²) in [5.41, 5.74) is 1.05. The number of benzene rings is 1. The van der Waals surface area contributed by atoms with Crippen LogP contribution in [0.2, 0.25) is 5.02 Å². The van der Waals surface area contributed by atoms with Crippen molar-refractivity contribution in [3.8, 4) is 11.4 Å². The maximum Gasteiger partial charge on any atom is 0.412 e. The number of rotatable bonds is 5. The number of carbonyl (C=O) groups is 1. The van der Waals surface area contributed by atoms with E-state index >= 15 is 0 Å². The Morgan fingerprint density at radius 1 is 1.29 bits per heavy atom. The van der Waals surface area contributed by atoms with Gasteiger partial charge in [-0.25, -0.2) is 9.59 Å². The van der Waals surface area contributed by atoms with Crippen LogP contribution in [0.25, 0.3) is 16.6 Å². The SMILES string of the molecule is Cc1ccnc(C(C)C)c1-n1c(=O)[nH]c(=O)c2c(OCOC(=O)N3CCNCC3)c(Cl)c(Br)cc21. The first-order chi connectivity index (χ1) is 16.7. The standard InChI is InChI=1S/C23H25BrClN5O5/c1-12(2)18-19(13(3)4-5-27-18)30-15-10-14(24)17(25)20(16(15)21(31)28-22(30)32)34-11-35-23(33)29-8-6-26-7-9-29/h4-5,10,12,26H,6-9,11H2,1-3H3,(H,28,31,32). The second-order valence-electron chi connectivity index (χ2n) is 8.42. The highest BCUT2D eigenvalue weighted by molar-refractivity contribution is 9.10. The molecule has 186 valence electrons. The third-order valence-electron chi connectivity index (χ3n) is 5.73. The van der Waals surface area contributed by atoms with Crippen molar-refractivity contribution >= 4 is 44.5 Å². The van der Waals surface area contributed by atoms with Crippen LogP contribution in [0.4, 0.5) is 4.79 Å². The summed E-state index contributed by atoms with van der Waals surface area (Å²) in [5.74, 6) is 0.00133. The minimum atomic E-state index is -0.674. The molecule has 10 nitrogen and oxygen atoms in total. The van der Waals surface area contributed by atoms with E-state index in [4.69, 9.17) is 21.1 Å². The van der Waals surface area contributed by atoms with E-state index in [-0.39, 0.29) is 27.6 Å². The van der Waals surface area contributed by atoms with Gasteiger partial charge in [0.15, 0.2) is 5.75 Å². The number of carbonyl (C=O) groups excluding carboxylic acids is 1. The Hall–Kier alpha value is -2.89. The Kier molecular flexibility index (Phi) is 7.48. The molecule has 2 N–H and O–H groups in total. The second kappa shape index (κ2) is 10.4. The molecule has 0 aliphatic carbocycles. The van der Waals surface area contributed by atoms with Crippen LogP contribution in [0.1, 0.15) is 31.0 Å².